The van der Waals surface area contributed by atoms with Gasteiger partial charge in [-0.3, -0.25) is 5.32 Å². The molecule has 7 heteroatoms. The number of amides is 1. The van der Waals surface area contributed by atoms with Crippen LogP contribution in [0.4, 0.5) is 10.5 Å². The van der Waals surface area contributed by atoms with E-state index in [1.807, 2.05) is 36.4 Å². The van der Waals surface area contributed by atoms with Crippen LogP contribution in [-0.2, 0) is 4.74 Å². The SMILES string of the molecule is Cc1noc(C#Cc2ccc3ccoc3c2)c1NC(=O)OC(C)c1ccccc1Cl. The Hall–Kier alpha value is -3.69. The van der Waals surface area contributed by atoms with Crippen LogP contribution < -0.4 is 5.32 Å². The highest BCUT2D eigenvalue weighted by Gasteiger charge is 2.18. The van der Waals surface area contributed by atoms with Crippen LogP contribution >= 0.6 is 11.6 Å². The number of ether oxygens (including phenoxy) is 1. The molecule has 0 spiro atoms. The maximum absolute atomic E-state index is 12.4. The number of rotatable bonds is 3. The number of hydrogen-bond acceptors (Lipinski definition) is 5. The summed E-state index contributed by atoms with van der Waals surface area (Å²) in [7, 11) is 0. The number of aryl methyl sites for hydroxylation is 1. The van der Waals surface area contributed by atoms with Crippen molar-refractivity contribution < 1.29 is 18.5 Å². The van der Waals surface area contributed by atoms with Gasteiger partial charge in [0.15, 0.2) is 0 Å². The molecule has 1 N–H and O–H groups in total. The Morgan fingerprint density at radius 2 is 2.03 bits per heavy atom. The lowest BCUT2D eigenvalue weighted by Gasteiger charge is -2.15. The summed E-state index contributed by atoms with van der Waals surface area (Å²) < 4.78 is 16.1. The maximum atomic E-state index is 12.4. The Balaban J connectivity index is 1.50. The molecule has 2 aromatic carbocycles. The normalized spacial score (nSPS) is 11.6. The second-order valence-electron chi connectivity index (χ2n) is 6.59. The van der Waals surface area contributed by atoms with Gasteiger partial charge in [-0.25, -0.2) is 4.79 Å². The number of carbonyl (C=O) groups is 1. The van der Waals surface area contributed by atoms with Gasteiger partial charge < -0.3 is 13.7 Å². The van der Waals surface area contributed by atoms with Gasteiger partial charge in [-0.1, -0.05) is 40.9 Å². The van der Waals surface area contributed by atoms with Crippen molar-refractivity contribution in [1.29, 1.82) is 0 Å². The first kappa shape index (κ1) is 19.6. The number of hydrogen-bond donors (Lipinski definition) is 1. The summed E-state index contributed by atoms with van der Waals surface area (Å²) in [6.45, 7) is 3.45. The Morgan fingerprint density at radius 3 is 2.87 bits per heavy atom. The second-order valence-corrected chi connectivity index (χ2v) is 7.00. The van der Waals surface area contributed by atoms with Gasteiger partial charge in [-0.2, -0.15) is 0 Å². The van der Waals surface area contributed by atoms with Crippen LogP contribution in [0.15, 0.2) is 63.7 Å². The van der Waals surface area contributed by atoms with Crippen LogP contribution in [-0.4, -0.2) is 11.2 Å². The summed E-state index contributed by atoms with van der Waals surface area (Å²) in [5.74, 6) is 6.12. The number of nitrogens with zero attached hydrogens (tertiary/aromatic N) is 1. The number of anilines is 1. The minimum absolute atomic E-state index is 0.231. The third-order valence-electron chi connectivity index (χ3n) is 4.49. The fourth-order valence-corrected chi connectivity index (χ4v) is 3.21. The summed E-state index contributed by atoms with van der Waals surface area (Å²) in [6.07, 6.45) is 0.432. The predicted molar refractivity (Wildman–Crippen MR) is 113 cm³/mol. The Bertz CT molecular complexity index is 1280. The molecule has 2 heterocycles. The molecule has 4 aromatic rings. The van der Waals surface area contributed by atoms with Crippen LogP contribution in [0.5, 0.6) is 0 Å². The molecule has 1 atom stereocenters. The van der Waals surface area contributed by atoms with Crippen molar-refractivity contribution in [2.45, 2.75) is 20.0 Å². The van der Waals surface area contributed by atoms with Crippen LogP contribution in [0, 0.1) is 18.8 Å². The second kappa shape index (κ2) is 8.36. The zero-order valence-electron chi connectivity index (χ0n) is 16.2. The number of fused-ring (bicyclic) bond motifs is 1. The average Bonchev–Trinajstić information content (AvgIpc) is 3.33. The largest absolute Gasteiger partial charge is 0.464 e. The van der Waals surface area contributed by atoms with Crippen molar-refractivity contribution in [3.63, 3.8) is 0 Å². The molecule has 0 fully saturated rings. The van der Waals surface area contributed by atoms with E-state index < -0.39 is 12.2 Å². The lowest BCUT2D eigenvalue weighted by molar-refractivity contribution is 0.121. The number of halogens is 1. The van der Waals surface area contributed by atoms with E-state index in [2.05, 4.69) is 22.3 Å². The molecule has 1 amide bonds. The molecule has 0 aliphatic carbocycles. The number of furan rings is 1. The van der Waals surface area contributed by atoms with Gasteiger partial charge in [-0.15, -0.1) is 0 Å². The molecule has 0 bridgehead atoms. The summed E-state index contributed by atoms with van der Waals surface area (Å²) in [5, 5.41) is 8.07. The van der Waals surface area contributed by atoms with Gasteiger partial charge in [0, 0.05) is 21.5 Å². The third kappa shape index (κ3) is 4.17. The van der Waals surface area contributed by atoms with Crippen LogP contribution in [0.1, 0.15) is 35.6 Å². The van der Waals surface area contributed by atoms with Gasteiger partial charge in [-0.05, 0) is 50.1 Å². The molecule has 4 rings (SSSR count). The Morgan fingerprint density at radius 1 is 1.20 bits per heavy atom. The molecular formula is C23H17ClN2O4. The van der Waals surface area contributed by atoms with Crippen molar-refractivity contribution in [2.24, 2.45) is 0 Å². The predicted octanol–water partition coefficient (Wildman–Crippen LogP) is 6.09. The van der Waals surface area contributed by atoms with E-state index in [0.717, 1.165) is 16.5 Å². The summed E-state index contributed by atoms with van der Waals surface area (Å²) >= 11 is 6.16. The molecule has 0 saturated carbocycles. The molecule has 30 heavy (non-hydrogen) atoms. The maximum Gasteiger partial charge on any atom is 0.412 e. The molecule has 0 aliphatic rings. The van der Waals surface area contributed by atoms with Gasteiger partial charge >= 0.3 is 6.09 Å². The van der Waals surface area contributed by atoms with Gasteiger partial charge in [0.2, 0.25) is 5.76 Å². The van der Waals surface area contributed by atoms with Gasteiger partial charge in [0.25, 0.3) is 0 Å². The summed E-state index contributed by atoms with van der Waals surface area (Å²) in [6, 6.07) is 14.7. The molecule has 0 aliphatic heterocycles. The van der Waals surface area contributed by atoms with Crippen molar-refractivity contribution in [3.05, 3.63) is 82.4 Å². The molecule has 0 radical (unpaired) electrons. The number of aromatic nitrogens is 1. The van der Waals surface area contributed by atoms with Gasteiger partial charge in [0.05, 0.1) is 6.26 Å². The summed E-state index contributed by atoms with van der Waals surface area (Å²) in [4.78, 5) is 12.4. The third-order valence-corrected chi connectivity index (χ3v) is 4.84. The molecule has 6 nitrogen and oxygen atoms in total. The molecular weight excluding hydrogens is 404 g/mol. The van der Waals surface area contributed by atoms with Gasteiger partial charge in [0.1, 0.15) is 23.1 Å². The van der Waals surface area contributed by atoms with Crippen LogP contribution in [0.2, 0.25) is 5.02 Å². The monoisotopic (exact) mass is 420 g/mol. The van der Waals surface area contributed by atoms with Crippen LogP contribution in [0.25, 0.3) is 11.0 Å². The smallest absolute Gasteiger partial charge is 0.412 e. The number of nitrogens with one attached hydrogen (secondary N) is 1. The number of benzene rings is 2. The lowest BCUT2D eigenvalue weighted by Crippen LogP contribution is -2.17. The van der Waals surface area contributed by atoms with E-state index in [9.17, 15) is 4.79 Å². The van der Waals surface area contributed by atoms with E-state index >= 15 is 0 Å². The first-order chi connectivity index (χ1) is 14.5. The zero-order chi connectivity index (χ0) is 21.1. The highest BCUT2D eigenvalue weighted by Crippen LogP contribution is 2.26. The quantitative estimate of drug-likeness (QED) is 0.405. The molecule has 2 aromatic heterocycles. The average molecular weight is 421 g/mol. The fraction of sp³-hybridized carbons (Fsp3) is 0.130. The van der Waals surface area contributed by atoms with Crippen molar-refractivity contribution in [1.82, 2.24) is 5.16 Å². The Kier molecular flexibility index (Phi) is 5.46. The van der Waals surface area contributed by atoms with E-state index in [0.29, 0.717) is 22.0 Å². The van der Waals surface area contributed by atoms with Crippen molar-refractivity contribution >= 4 is 34.4 Å². The Labute approximate surface area is 177 Å². The first-order valence-corrected chi connectivity index (χ1v) is 9.56. The minimum Gasteiger partial charge on any atom is -0.464 e. The highest BCUT2D eigenvalue weighted by molar-refractivity contribution is 6.31. The first-order valence-electron chi connectivity index (χ1n) is 9.19. The van der Waals surface area contributed by atoms with E-state index in [1.54, 1.807) is 32.2 Å². The zero-order valence-corrected chi connectivity index (χ0v) is 17.0. The number of carbonyl (C=O) groups excluding carboxylic acids is 1. The van der Waals surface area contributed by atoms with E-state index in [4.69, 9.17) is 25.3 Å². The minimum atomic E-state index is -0.659. The van der Waals surface area contributed by atoms with E-state index in [-0.39, 0.29) is 5.76 Å². The van der Waals surface area contributed by atoms with Crippen molar-refractivity contribution in [2.75, 3.05) is 5.32 Å². The van der Waals surface area contributed by atoms with Crippen molar-refractivity contribution in [3.8, 4) is 11.8 Å². The van der Waals surface area contributed by atoms with Crippen LogP contribution in [0.3, 0.4) is 0 Å². The van der Waals surface area contributed by atoms with E-state index in [1.165, 1.54) is 0 Å². The topological polar surface area (TPSA) is 77.5 Å². The molecule has 1 unspecified atom stereocenters. The lowest BCUT2D eigenvalue weighted by atomic mass is 10.1. The molecule has 150 valence electrons. The standard InChI is InChI=1S/C23H17ClN2O4/c1-14-22(25-23(27)29-15(2)18-5-3-4-6-19(18)24)20(30-26-14)10-8-16-7-9-17-11-12-28-21(17)13-16/h3-7,9,11-13,15H,1-2H3,(H,25,27). The fourth-order valence-electron chi connectivity index (χ4n) is 2.92. The summed E-state index contributed by atoms with van der Waals surface area (Å²) in [5.41, 5.74) is 3.05. The molecule has 0 saturated heterocycles. The highest BCUT2D eigenvalue weighted by atomic mass is 35.5.